The maximum Gasteiger partial charge on any atom is 0.303 e. The number of anilines is 1. The fraction of sp³-hybridized carbons (Fsp3) is 0.692. The molecule has 2 rings (SSSR count). The van der Waals surface area contributed by atoms with Crippen molar-refractivity contribution in [1.29, 1.82) is 0 Å². The summed E-state index contributed by atoms with van der Waals surface area (Å²) in [6.45, 7) is 5.26. The highest BCUT2D eigenvalue weighted by molar-refractivity contribution is 7.13. The molecule has 0 aromatic carbocycles. The molecule has 7 heteroatoms. The van der Waals surface area contributed by atoms with Gasteiger partial charge in [-0.05, 0) is 13.8 Å². The molecule has 6 nitrogen and oxygen atoms in total. The zero-order valence-electron chi connectivity index (χ0n) is 11.7. The Morgan fingerprint density at radius 2 is 2.40 bits per heavy atom. The van der Waals surface area contributed by atoms with Gasteiger partial charge in [-0.1, -0.05) is 0 Å². The minimum absolute atomic E-state index is 0.0167. The van der Waals surface area contributed by atoms with Crippen LogP contribution >= 0.6 is 11.3 Å². The maximum atomic E-state index is 10.6. The second-order valence-corrected chi connectivity index (χ2v) is 6.41. The van der Waals surface area contributed by atoms with Crippen LogP contribution in [0.2, 0.25) is 0 Å². The molecule has 2 N–H and O–H groups in total. The summed E-state index contributed by atoms with van der Waals surface area (Å²) < 4.78 is 5.77. The summed E-state index contributed by atoms with van der Waals surface area (Å²) in [6.07, 6.45) is 0.324. The highest BCUT2D eigenvalue weighted by Gasteiger charge is 2.34. The molecule has 0 amide bonds. The van der Waals surface area contributed by atoms with Crippen molar-refractivity contribution < 1.29 is 19.7 Å². The highest BCUT2D eigenvalue weighted by Crippen LogP contribution is 2.28. The van der Waals surface area contributed by atoms with Gasteiger partial charge in [0.2, 0.25) is 0 Å². The normalized spacial score (nSPS) is 21.9. The Hall–Kier alpha value is -1.18. The van der Waals surface area contributed by atoms with Crippen molar-refractivity contribution in [3.8, 4) is 0 Å². The number of carbonyl (C=O) groups is 1. The van der Waals surface area contributed by atoms with E-state index in [1.54, 1.807) is 0 Å². The summed E-state index contributed by atoms with van der Waals surface area (Å²) in [5.41, 5.74) is 0.468. The zero-order chi connectivity index (χ0) is 14.8. The molecule has 1 aromatic rings. The fourth-order valence-corrected chi connectivity index (χ4v) is 3.20. The van der Waals surface area contributed by atoms with Crippen molar-refractivity contribution in [2.24, 2.45) is 0 Å². The van der Waals surface area contributed by atoms with Gasteiger partial charge in [0.1, 0.15) is 0 Å². The lowest BCUT2D eigenvalue weighted by molar-refractivity contribution is -0.136. The minimum atomic E-state index is -0.813. The van der Waals surface area contributed by atoms with Crippen LogP contribution in [0.1, 0.15) is 26.0 Å². The molecule has 112 valence electrons. The molecule has 1 saturated heterocycles. The number of aryl methyl sites for hydroxylation is 1. The fourth-order valence-electron chi connectivity index (χ4n) is 2.33. The topological polar surface area (TPSA) is 82.9 Å². The molecule has 0 bridgehead atoms. The monoisotopic (exact) mass is 300 g/mol. The molecule has 1 aliphatic heterocycles. The summed E-state index contributed by atoms with van der Waals surface area (Å²) >= 11 is 1.51. The standard InChI is InChI=1S/C13H20N2O4S/c1-13(2)8-15(5-10(6-16)19-13)12-14-9(7-20-12)3-4-11(17)18/h7,10,16H,3-6,8H2,1-2H3,(H,17,18). The number of aliphatic hydroxyl groups is 1. The van der Waals surface area contributed by atoms with Gasteiger partial charge in [-0.15, -0.1) is 11.3 Å². The van der Waals surface area contributed by atoms with E-state index in [0.29, 0.717) is 19.5 Å². The minimum Gasteiger partial charge on any atom is -0.481 e. The van der Waals surface area contributed by atoms with Crippen molar-refractivity contribution in [1.82, 2.24) is 4.98 Å². The quantitative estimate of drug-likeness (QED) is 0.848. The van der Waals surface area contributed by atoms with Gasteiger partial charge in [0.15, 0.2) is 5.13 Å². The number of carboxylic acid groups (broad SMARTS) is 1. The van der Waals surface area contributed by atoms with Crippen LogP contribution in [0.4, 0.5) is 5.13 Å². The number of aromatic nitrogens is 1. The zero-order valence-corrected chi connectivity index (χ0v) is 12.5. The number of rotatable bonds is 5. The molecule has 1 unspecified atom stereocenters. The number of hydrogen-bond donors (Lipinski definition) is 2. The third-order valence-electron chi connectivity index (χ3n) is 3.09. The molecule has 0 spiro atoms. The number of aliphatic hydroxyl groups excluding tert-OH is 1. The third-order valence-corrected chi connectivity index (χ3v) is 4.04. The first-order valence-corrected chi connectivity index (χ1v) is 7.47. The Kier molecular flexibility index (Phi) is 4.62. The summed E-state index contributed by atoms with van der Waals surface area (Å²) in [6, 6.07) is 0. The van der Waals surface area contributed by atoms with Crippen molar-refractivity contribution in [3.63, 3.8) is 0 Å². The first-order chi connectivity index (χ1) is 9.39. The Morgan fingerprint density at radius 1 is 1.65 bits per heavy atom. The third kappa shape index (κ3) is 3.91. The molecule has 0 aliphatic carbocycles. The van der Waals surface area contributed by atoms with E-state index in [9.17, 15) is 9.90 Å². The smallest absolute Gasteiger partial charge is 0.303 e. The van der Waals surface area contributed by atoms with E-state index in [1.165, 1.54) is 11.3 Å². The van der Waals surface area contributed by atoms with E-state index in [2.05, 4.69) is 9.88 Å². The van der Waals surface area contributed by atoms with Crippen molar-refractivity contribution in [3.05, 3.63) is 11.1 Å². The van der Waals surface area contributed by atoms with Gasteiger partial charge in [0, 0.05) is 24.9 Å². The Balaban J connectivity index is 2.04. The highest BCUT2D eigenvalue weighted by atomic mass is 32.1. The van der Waals surface area contributed by atoms with E-state index < -0.39 is 5.97 Å². The molecule has 20 heavy (non-hydrogen) atoms. The van der Waals surface area contributed by atoms with Gasteiger partial charge in [-0.3, -0.25) is 4.79 Å². The van der Waals surface area contributed by atoms with Crippen molar-refractivity contribution in [2.45, 2.75) is 38.4 Å². The van der Waals surface area contributed by atoms with Gasteiger partial charge in [0.25, 0.3) is 0 Å². The van der Waals surface area contributed by atoms with Gasteiger partial charge in [-0.25, -0.2) is 4.98 Å². The summed E-state index contributed by atoms with van der Waals surface area (Å²) in [5, 5.41) is 20.7. The molecule has 0 radical (unpaired) electrons. The van der Waals surface area contributed by atoms with E-state index in [1.807, 2.05) is 19.2 Å². The van der Waals surface area contributed by atoms with Gasteiger partial charge < -0.3 is 19.8 Å². The number of ether oxygens (including phenoxy) is 1. The molecular formula is C13H20N2O4S. The van der Waals surface area contributed by atoms with Crippen LogP contribution in [0.3, 0.4) is 0 Å². The molecule has 2 heterocycles. The summed E-state index contributed by atoms with van der Waals surface area (Å²) in [7, 11) is 0. The van der Waals surface area contributed by atoms with Crippen LogP contribution in [0.25, 0.3) is 0 Å². The first-order valence-electron chi connectivity index (χ1n) is 6.59. The van der Waals surface area contributed by atoms with E-state index in [-0.39, 0.29) is 24.7 Å². The Labute approximate surface area is 122 Å². The molecule has 1 aromatic heterocycles. The van der Waals surface area contributed by atoms with Crippen LogP contribution in [-0.2, 0) is 16.0 Å². The van der Waals surface area contributed by atoms with Gasteiger partial charge >= 0.3 is 5.97 Å². The maximum absolute atomic E-state index is 10.6. The van der Waals surface area contributed by atoms with Gasteiger partial charge in [-0.2, -0.15) is 0 Å². The Morgan fingerprint density at radius 3 is 3.05 bits per heavy atom. The van der Waals surface area contributed by atoms with Crippen LogP contribution in [0, 0.1) is 0 Å². The predicted molar refractivity (Wildman–Crippen MR) is 76.3 cm³/mol. The van der Waals surface area contributed by atoms with Crippen molar-refractivity contribution in [2.75, 3.05) is 24.6 Å². The second kappa shape index (κ2) is 6.07. The van der Waals surface area contributed by atoms with Crippen LogP contribution in [0.15, 0.2) is 5.38 Å². The van der Waals surface area contributed by atoms with E-state index in [4.69, 9.17) is 9.84 Å². The molecule has 1 aliphatic rings. The number of nitrogens with zero attached hydrogens (tertiary/aromatic N) is 2. The summed E-state index contributed by atoms with van der Waals surface area (Å²) in [5.74, 6) is -0.813. The van der Waals surface area contributed by atoms with Gasteiger partial charge in [0.05, 0.1) is 30.4 Å². The van der Waals surface area contributed by atoms with E-state index in [0.717, 1.165) is 10.8 Å². The largest absolute Gasteiger partial charge is 0.481 e. The predicted octanol–water partition coefficient (Wildman–Crippen LogP) is 1.14. The average molecular weight is 300 g/mol. The molecular weight excluding hydrogens is 280 g/mol. The second-order valence-electron chi connectivity index (χ2n) is 5.58. The lowest BCUT2D eigenvalue weighted by Crippen LogP contribution is -2.54. The SMILES string of the molecule is CC1(C)CN(c2nc(CCC(=O)O)cs2)CC(CO)O1. The van der Waals surface area contributed by atoms with Crippen LogP contribution < -0.4 is 4.90 Å². The average Bonchev–Trinajstić information content (AvgIpc) is 2.83. The van der Waals surface area contributed by atoms with Crippen molar-refractivity contribution >= 4 is 22.4 Å². The lowest BCUT2D eigenvalue weighted by Gasteiger charge is -2.42. The first kappa shape index (κ1) is 15.2. The van der Waals surface area contributed by atoms with Crippen LogP contribution in [-0.4, -0.2) is 52.6 Å². The number of thiazole rings is 1. The number of carboxylic acids is 1. The lowest BCUT2D eigenvalue weighted by atomic mass is 10.1. The molecule has 0 saturated carbocycles. The Bertz CT molecular complexity index is 475. The number of hydrogen-bond acceptors (Lipinski definition) is 6. The number of morpholine rings is 1. The summed E-state index contributed by atoms with van der Waals surface area (Å²) in [4.78, 5) is 17.1. The van der Waals surface area contributed by atoms with E-state index >= 15 is 0 Å². The molecule has 1 atom stereocenters. The van der Waals surface area contributed by atoms with Crippen LogP contribution in [0.5, 0.6) is 0 Å². The number of aliphatic carboxylic acids is 1. The molecule has 1 fully saturated rings.